The van der Waals surface area contributed by atoms with Crippen LogP contribution in [0.5, 0.6) is 0 Å². The summed E-state index contributed by atoms with van der Waals surface area (Å²) in [6, 6.07) is 17.6. The van der Waals surface area contributed by atoms with Gasteiger partial charge in [-0.15, -0.1) is 0 Å². The van der Waals surface area contributed by atoms with E-state index in [1.807, 2.05) is 60.7 Å². The van der Waals surface area contributed by atoms with Crippen molar-refractivity contribution < 1.29 is 9.53 Å². The molecule has 0 spiro atoms. The normalized spacial score (nSPS) is 11.2. The monoisotopic (exact) mass is 330 g/mol. The van der Waals surface area contributed by atoms with Crippen molar-refractivity contribution in [3.63, 3.8) is 0 Å². The predicted molar refractivity (Wildman–Crippen MR) is 85.4 cm³/mol. The first-order chi connectivity index (χ1) is 9.74. The lowest BCUT2D eigenvalue weighted by atomic mass is 10.0. The van der Waals surface area contributed by atoms with Crippen molar-refractivity contribution in [3.8, 4) is 0 Å². The van der Waals surface area contributed by atoms with E-state index in [1.165, 1.54) is 12.7 Å². The molecule has 2 aromatic rings. The maximum absolute atomic E-state index is 11.9. The van der Waals surface area contributed by atoms with Crippen LogP contribution in [0.4, 0.5) is 0 Å². The number of carbonyl (C=O) groups excluding carboxylic acids is 1. The first kappa shape index (κ1) is 14.5. The lowest BCUT2D eigenvalue weighted by molar-refractivity contribution is -0.133. The van der Waals surface area contributed by atoms with E-state index in [0.29, 0.717) is 5.57 Å². The number of hydrogen-bond donors (Lipinski definition) is 0. The van der Waals surface area contributed by atoms with Crippen LogP contribution in [0.3, 0.4) is 0 Å². The van der Waals surface area contributed by atoms with Gasteiger partial charge in [0.15, 0.2) is 0 Å². The van der Waals surface area contributed by atoms with Gasteiger partial charge >= 0.3 is 5.97 Å². The molecule has 2 aromatic carbocycles. The second kappa shape index (κ2) is 7.06. The maximum atomic E-state index is 11.9. The number of carbonyl (C=O) groups is 1. The molecule has 0 unspecified atom stereocenters. The molecular formula is C17H15BrO2. The maximum Gasteiger partial charge on any atom is 0.338 e. The molecule has 20 heavy (non-hydrogen) atoms. The SMILES string of the molecule is COC(=O)/C(=C\c1ccc(CBr)cc1)c1ccccc1. The molecule has 2 rings (SSSR count). The van der Waals surface area contributed by atoms with Crippen molar-refractivity contribution in [2.24, 2.45) is 0 Å². The van der Waals surface area contributed by atoms with E-state index in [-0.39, 0.29) is 5.97 Å². The number of benzene rings is 2. The van der Waals surface area contributed by atoms with Crippen molar-refractivity contribution >= 4 is 33.5 Å². The summed E-state index contributed by atoms with van der Waals surface area (Å²) in [5.41, 5.74) is 3.57. The fourth-order valence-corrected chi connectivity index (χ4v) is 2.23. The number of alkyl halides is 1. The number of rotatable bonds is 4. The van der Waals surface area contributed by atoms with Crippen LogP contribution in [0.2, 0.25) is 0 Å². The number of hydrogen-bond acceptors (Lipinski definition) is 2. The van der Waals surface area contributed by atoms with E-state index in [0.717, 1.165) is 16.5 Å². The van der Waals surface area contributed by atoms with Crippen molar-refractivity contribution in [3.05, 3.63) is 71.3 Å². The molecule has 0 bridgehead atoms. The molecule has 0 heterocycles. The lowest BCUT2D eigenvalue weighted by Crippen LogP contribution is -2.03. The molecule has 0 fully saturated rings. The summed E-state index contributed by atoms with van der Waals surface area (Å²) in [6.45, 7) is 0. The minimum Gasteiger partial charge on any atom is -0.465 e. The number of halogens is 1. The van der Waals surface area contributed by atoms with Crippen molar-refractivity contribution in [1.29, 1.82) is 0 Å². The summed E-state index contributed by atoms with van der Waals surface area (Å²) in [5.74, 6) is -0.333. The molecule has 2 nitrogen and oxygen atoms in total. The summed E-state index contributed by atoms with van der Waals surface area (Å²) < 4.78 is 4.87. The van der Waals surface area contributed by atoms with Gasteiger partial charge < -0.3 is 4.74 Å². The van der Waals surface area contributed by atoms with Gasteiger partial charge in [-0.1, -0.05) is 70.5 Å². The Morgan fingerprint density at radius 3 is 2.30 bits per heavy atom. The van der Waals surface area contributed by atoms with E-state index in [1.54, 1.807) is 0 Å². The fourth-order valence-electron chi connectivity index (χ4n) is 1.86. The smallest absolute Gasteiger partial charge is 0.338 e. The molecular weight excluding hydrogens is 316 g/mol. The van der Waals surface area contributed by atoms with E-state index in [9.17, 15) is 4.79 Å². The molecule has 0 amide bonds. The van der Waals surface area contributed by atoms with Crippen LogP contribution in [-0.2, 0) is 14.9 Å². The Labute approximate surface area is 127 Å². The molecule has 3 heteroatoms. The number of esters is 1. The summed E-state index contributed by atoms with van der Waals surface area (Å²) in [6.07, 6.45) is 1.85. The minimum atomic E-state index is -0.333. The minimum absolute atomic E-state index is 0.333. The van der Waals surface area contributed by atoms with Crippen LogP contribution < -0.4 is 0 Å². The quantitative estimate of drug-likeness (QED) is 0.361. The predicted octanol–water partition coefficient (Wildman–Crippen LogP) is 4.30. The van der Waals surface area contributed by atoms with E-state index < -0.39 is 0 Å². The van der Waals surface area contributed by atoms with Gasteiger partial charge in [0.25, 0.3) is 0 Å². The van der Waals surface area contributed by atoms with E-state index >= 15 is 0 Å². The Morgan fingerprint density at radius 1 is 1.10 bits per heavy atom. The highest BCUT2D eigenvalue weighted by Crippen LogP contribution is 2.20. The largest absolute Gasteiger partial charge is 0.465 e. The molecule has 0 saturated heterocycles. The topological polar surface area (TPSA) is 26.3 Å². The summed E-state index contributed by atoms with van der Waals surface area (Å²) in [7, 11) is 1.40. The molecule has 0 aliphatic carbocycles. The molecule has 0 saturated carbocycles. The second-order valence-corrected chi connectivity index (χ2v) is 4.85. The van der Waals surface area contributed by atoms with Crippen LogP contribution in [0.1, 0.15) is 16.7 Å². The van der Waals surface area contributed by atoms with Crippen LogP contribution in [0.25, 0.3) is 11.6 Å². The summed E-state index contributed by atoms with van der Waals surface area (Å²) >= 11 is 3.41. The molecule has 0 aromatic heterocycles. The Morgan fingerprint density at radius 2 is 1.75 bits per heavy atom. The highest BCUT2D eigenvalue weighted by Gasteiger charge is 2.11. The Kier molecular flexibility index (Phi) is 5.13. The number of ether oxygens (including phenoxy) is 1. The third-order valence-electron chi connectivity index (χ3n) is 2.94. The third-order valence-corrected chi connectivity index (χ3v) is 3.58. The van der Waals surface area contributed by atoms with Gasteiger partial charge in [-0.3, -0.25) is 0 Å². The van der Waals surface area contributed by atoms with Crippen LogP contribution in [-0.4, -0.2) is 13.1 Å². The molecule has 0 radical (unpaired) electrons. The van der Waals surface area contributed by atoms with Gasteiger partial charge in [0.05, 0.1) is 12.7 Å². The standard InChI is InChI=1S/C17H15BrO2/c1-20-17(19)16(15-5-3-2-4-6-15)11-13-7-9-14(12-18)10-8-13/h2-11H,12H2,1H3/b16-11-. The Bertz CT molecular complexity index is 601. The average molecular weight is 331 g/mol. The van der Waals surface area contributed by atoms with Crippen molar-refractivity contribution in [1.82, 2.24) is 0 Å². The first-order valence-corrected chi connectivity index (χ1v) is 7.37. The summed E-state index contributed by atoms with van der Waals surface area (Å²) in [5, 5.41) is 0.819. The third kappa shape index (κ3) is 3.58. The lowest BCUT2D eigenvalue weighted by Gasteiger charge is -2.06. The van der Waals surface area contributed by atoms with Crippen LogP contribution in [0.15, 0.2) is 54.6 Å². The second-order valence-electron chi connectivity index (χ2n) is 4.29. The zero-order valence-electron chi connectivity index (χ0n) is 11.2. The summed E-state index contributed by atoms with van der Waals surface area (Å²) in [4.78, 5) is 11.9. The first-order valence-electron chi connectivity index (χ1n) is 6.25. The van der Waals surface area contributed by atoms with Gasteiger partial charge in [-0.25, -0.2) is 4.79 Å². The molecule has 102 valence electrons. The molecule has 0 N–H and O–H groups in total. The Balaban J connectivity index is 2.40. The van der Waals surface area contributed by atoms with Crippen LogP contribution in [0, 0.1) is 0 Å². The van der Waals surface area contributed by atoms with Gasteiger partial charge in [-0.05, 0) is 22.8 Å². The van der Waals surface area contributed by atoms with Gasteiger partial charge in [-0.2, -0.15) is 0 Å². The number of methoxy groups -OCH3 is 1. The van der Waals surface area contributed by atoms with Crippen molar-refractivity contribution in [2.75, 3.05) is 7.11 Å². The highest BCUT2D eigenvalue weighted by molar-refractivity contribution is 9.08. The van der Waals surface area contributed by atoms with E-state index in [4.69, 9.17) is 4.74 Å². The zero-order chi connectivity index (χ0) is 14.4. The average Bonchev–Trinajstić information content (AvgIpc) is 2.53. The van der Waals surface area contributed by atoms with Crippen molar-refractivity contribution in [2.45, 2.75) is 5.33 Å². The van der Waals surface area contributed by atoms with Gasteiger partial charge in [0, 0.05) is 5.33 Å². The van der Waals surface area contributed by atoms with Gasteiger partial charge in [0.2, 0.25) is 0 Å². The fraction of sp³-hybridized carbons (Fsp3) is 0.118. The van der Waals surface area contributed by atoms with Gasteiger partial charge in [0.1, 0.15) is 0 Å². The Hall–Kier alpha value is -1.87. The van der Waals surface area contributed by atoms with Crippen LogP contribution >= 0.6 is 15.9 Å². The molecule has 0 atom stereocenters. The highest BCUT2D eigenvalue weighted by atomic mass is 79.9. The molecule has 0 aliphatic heterocycles. The van der Waals surface area contributed by atoms with E-state index in [2.05, 4.69) is 15.9 Å². The zero-order valence-corrected chi connectivity index (χ0v) is 12.8. The molecule has 0 aliphatic rings.